The summed E-state index contributed by atoms with van der Waals surface area (Å²) in [4.78, 5) is 22.0. The fraction of sp³-hybridized carbons (Fsp3) is 0.538. The molecule has 1 N–H and O–H groups in total. The summed E-state index contributed by atoms with van der Waals surface area (Å²) in [6.07, 6.45) is 4.88. The van der Waals surface area contributed by atoms with E-state index < -0.39 is 11.6 Å². The Kier molecular flexibility index (Phi) is 5.04. The third kappa shape index (κ3) is 4.12. The lowest BCUT2D eigenvalue weighted by molar-refractivity contribution is 0.364. The lowest BCUT2D eigenvalue weighted by atomic mass is 10.2. The SMILES string of the molecule is CCCCCc1oc(=O)oc1N(C)NCc1coc(=O)o1. The Morgan fingerprint density at radius 2 is 1.95 bits per heavy atom. The summed E-state index contributed by atoms with van der Waals surface area (Å²) < 4.78 is 19.3. The van der Waals surface area contributed by atoms with Crippen molar-refractivity contribution in [2.45, 2.75) is 39.2 Å². The summed E-state index contributed by atoms with van der Waals surface area (Å²) >= 11 is 0. The van der Waals surface area contributed by atoms with E-state index in [1.165, 1.54) is 11.3 Å². The molecule has 0 radical (unpaired) electrons. The second-order valence-electron chi connectivity index (χ2n) is 4.59. The topological polar surface area (TPSA) is 102 Å². The molecule has 21 heavy (non-hydrogen) atoms. The molecule has 0 atom stereocenters. The van der Waals surface area contributed by atoms with Crippen molar-refractivity contribution >= 4 is 5.88 Å². The number of hydrogen-bond donors (Lipinski definition) is 1. The van der Waals surface area contributed by atoms with Gasteiger partial charge >= 0.3 is 11.6 Å². The highest BCUT2D eigenvalue weighted by Gasteiger charge is 2.17. The Morgan fingerprint density at radius 3 is 2.62 bits per heavy atom. The molecule has 0 bridgehead atoms. The predicted molar refractivity (Wildman–Crippen MR) is 73.0 cm³/mol. The Morgan fingerprint density at radius 1 is 1.14 bits per heavy atom. The molecule has 0 aliphatic rings. The van der Waals surface area contributed by atoms with Gasteiger partial charge in [0, 0.05) is 13.5 Å². The maximum absolute atomic E-state index is 11.3. The molecule has 2 rings (SSSR count). The molecular formula is C13H18N2O6. The van der Waals surface area contributed by atoms with Gasteiger partial charge in [0.25, 0.3) is 5.88 Å². The van der Waals surface area contributed by atoms with Gasteiger partial charge in [-0.3, -0.25) is 5.01 Å². The van der Waals surface area contributed by atoms with Crippen LogP contribution in [0.5, 0.6) is 0 Å². The number of rotatable bonds is 8. The summed E-state index contributed by atoms with van der Waals surface area (Å²) in [5, 5.41) is 1.51. The molecular weight excluding hydrogens is 280 g/mol. The second kappa shape index (κ2) is 6.98. The molecule has 0 fully saturated rings. The number of hydrazine groups is 1. The fourth-order valence-corrected chi connectivity index (χ4v) is 1.87. The first-order chi connectivity index (χ1) is 10.1. The minimum Gasteiger partial charge on any atom is -0.399 e. The van der Waals surface area contributed by atoms with Gasteiger partial charge in [0.05, 0.1) is 6.54 Å². The van der Waals surface area contributed by atoms with Gasteiger partial charge in [0.2, 0.25) is 0 Å². The van der Waals surface area contributed by atoms with Crippen LogP contribution in [-0.4, -0.2) is 7.05 Å². The molecule has 0 amide bonds. The van der Waals surface area contributed by atoms with E-state index in [0.29, 0.717) is 23.8 Å². The van der Waals surface area contributed by atoms with E-state index in [2.05, 4.69) is 16.8 Å². The van der Waals surface area contributed by atoms with Crippen LogP contribution in [0.4, 0.5) is 5.88 Å². The van der Waals surface area contributed by atoms with Crippen LogP contribution >= 0.6 is 0 Å². The highest BCUT2D eigenvalue weighted by Crippen LogP contribution is 2.19. The summed E-state index contributed by atoms with van der Waals surface area (Å²) in [5.74, 6) is -0.339. The largest absolute Gasteiger partial charge is 0.520 e. The lowest BCUT2D eigenvalue weighted by Gasteiger charge is -2.16. The van der Waals surface area contributed by atoms with Crippen LogP contribution in [-0.2, 0) is 13.0 Å². The van der Waals surface area contributed by atoms with Crippen molar-refractivity contribution in [3.05, 3.63) is 39.0 Å². The van der Waals surface area contributed by atoms with E-state index in [4.69, 9.17) is 13.3 Å². The number of nitrogens with one attached hydrogen (secondary N) is 1. The number of unbranched alkanes of at least 4 members (excludes halogenated alkanes) is 2. The van der Waals surface area contributed by atoms with Crippen LogP contribution < -0.4 is 22.1 Å². The van der Waals surface area contributed by atoms with E-state index in [9.17, 15) is 9.59 Å². The monoisotopic (exact) mass is 298 g/mol. The van der Waals surface area contributed by atoms with E-state index in [-0.39, 0.29) is 6.54 Å². The van der Waals surface area contributed by atoms with Crippen molar-refractivity contribution in [3.8, 4) is 0 Å². The minimum atomic E-state index is -0.760. The normalized spacial score (nSPS) is 11.0. The minimum absolute atomic E-state index is 0.214. The van der Waals surface area contributed by atoms with Gasteiger partial charge < -0.3 is 17.7 Å². The van der Waals surface area contributed by atoms with Gasteiger partial charge in [-0.2, -0.15) is 0 Å². The molecule has 0 aliphatic carbocycles. The zero-order valence-corrected chi connectivity index (χ0v) is 12.0. The molecule has 0 aliphatic heterocycles. The van der Waals surface area contributed by atoms with E-state index in [0.717, 1.165) is 19.3 Å². The van der Waals surface area contributed by atoms with E-state index in [1.807, 2.05) is 0 Å². The van der Waals surface area contributed by atoms with Gasteiger partial charge in [0.15, 0.2) is 11.5 Å². The molecule has 0 spiro atoms. The van der Waals surface area contributed by atoms with E-state index in [1.54, 1.807) is 7.05 Å². The van der Waals surface area contributed by atoms with Crippen LogP contribution in [0.3, 0.4) is 0 Å². The quantitative estimate of drug-likeness (QED) is 0.579. The highest BCUT2D eigenvalue weighted by atomic mass is 16.6. The van der Waals surface area contributed by atoms with Crippen LogP contribution in [0.2, 0.25) is 0 Å². The van der Waals surface area contributed by atoms with Crippen LogP contribution in [0.15, 0.2) is 33.5 Å². The lowest BCUT2D eigenvalue weighted by Crippen LogP contribution is -2.34. The molecule has 8 nitrogen and oxygen atoms in total. The van der Waals surface area contributed by atoms with Gasteiger partial charge in [0.1, 0.15) is 6.26 Å². The predicted octanol–water partition coefficient (Wildman–Crippen LogP) is 1.65. The number of anilines is 1. The van der Waals surface area contributed by atoms with Gasteiger partial charge in [-0.25, -0.2) is 15.0 Å². The molecule has 0 aromatic carbocycles. The first-order valence-corrected chi connectivity index (χ1v) is 6.77. The first-order valence-electron chi connectivity index (χ1n) is 6.77. The van der Waals surface area contributed by atoms with Crippen molar-refractivity contribution in [3.63, 3.8) is 0 Å². The van der Waals surface area contributed by atoms with Crippen molar-refractivity contribution in [2.24, 2.45) is 0 Å². The highest BCUT2D eigenvalue weighted by molar-refractivity contribution is 5.35. The molecule has 8 heteroatoms. The van der Waals surface area contributed by atoms with Gasteiger partial charge in [-0.15, -0.1) is 0 Å². The molecule has 2 aromatic rings. The van der Waals surface area contributed by atoms with Crippen molar-refractivity contribution in [1.29, 1.82) is 0 Å². The maximum atomic E-state index is 11.3. The Balaban J connectivity index is 1.99. The Hall–Kier alpha value is -2.22. The summed E-state index contributed by atoms with van der Waals surface area (Å²) in [6.45, 7) is 2.31. The summed E-state index contributed by atoms with van der Waals surface area (Å²) in [6, 6.07) is 0. The third-order valence-corrected chi connectivity index (χ3v) is 2.93. The molecule has 0 saturated carbocycles. The van der Waals surface area contributed by atoms with Crippen LogP contribution in [0, 0.1) is 0 Å². The fourth-order valence-electron chi connectivity index (χ4n) is 1.87. The van der Waals surface area contributed by atoms with Gasteiger partial charge in [-0.1, -0.05) is 19.8 Å². The summed E-state index contributed by atoms with van der Waals surface area (Å²) in [7, 11) is 1.68. The summed E-state index contributed by atoms with van der Waals surface area (Å²) in [5.41, 5.74) is 2.92. The third-order valence-electron chi connectivity index (χ3n) is 2.93. The Labute approximate surface area is 120 Å². The average Bonchev–Trinajstić information content (AvgIpc) is 3.02. The molecule has 0 unspecified atom stereocenters. The molecule has 0 saturated heterocycles. The van der Waals surface area contributed by atoms with E-state index >= 15 is 0 Å². The molecule has 2 aromatic heterocycles. The smallest absolute Gasteiger partial charge is 0.399 e. The standard InChI is InChI=1S/C13H18N2O6/c1-3-4-5-6-10-11(21-13(17)20-10)15(2)14-7-9-8-18-12(16)19-9/h8,14H,3-7H2,1-2H3. The zero-order valence-electron chi connectivity index (χ0n) is 12.0. The average molecular weight is 298 g/mol. The number of nitrogens with zero attached hydrogens (tertiary/aromatic N) is 1. The number of hydrogen-bond acceptors (Lipinski definition) is 8. The maximum Gasteiger partial charge on any atom is 0.520 e. The van der Waals surface area contributed by atoms with Crippen LogP contribution in [0.1, 0.15) is 37.7 Å². The van der Waals surface area contributed by atoms with Crippen molar-refractivity contribution in [1.82, 2.24) is 5.43 Å². The molecule has 2 heterocycles. The van der Waals surface area contributed by atoms with Crippen LogP contribution in [0.25, 0.3) is 0 Å². The second-order valence-corrected chi connectivity index (χ2v) is 4.59. The molecule has 116 valence electrons. The Bertz CT molecular complexity index is 664. The first kappa shape index (κ1) is 15.2. The zero-order chi connectivity index (χ0) is 15.2. The van der Waals surface area contributed by atoms with Gasteiger partial charge in [-0.05, 0) is 6.42 Å². The van der Waals surface area contributed by atoms with Crippen molar-refractivity contribution < 1.29 is 17.7 Å². The van der Waals surface area contributed by atoms with Crippen molar-refractivity contribution in [2.75, 3.05) is 12.1 Å². The number of aryl methyl sites for hydroxylation is 1.